The Kier molecular flexibility index (Phi) is 4.07. The van der Waals surface area contributed by atoms with E-state index >= 15 is 0 Å². The summed E-state index contributed by atoms with van der Waals surface area (Å²) in [5.74, 6) is 0.0780. The molecule has 0 spiro atoms. The van der Waals surface area contributed by atoms with Crippen LogP contribution in [-0.2, 0) is 0 Å². The summed E-state index contributed by atoms with van der Waals surface area (Å²) in [6, 6.07) is 12.0. The van der Waals surface area contributed by atoms with Crippen LogP contribution in [0.3, 0.4) is 0 Å². The number of aromatic hydroxyl groups is 1. The Morgan fingerprint density at radius 1 is 1.17 bits per heavy atom. The van der Waals surface area contributed by atoms with E-state index in [1.165, 1.54) is 0 Å². The number of H-pyrrole nitrogens is 1. The zero-order valence-corrected chi connectivity index (χ0v) is 15.4. The Labute approximate surface area is 156 Å². The van der Waals surface area contributed by atoms with Crippen LogP contribution < -0.4 is 0 Å². The van der Waals surface area contributed by atoms with Gasteiger partial charge in [0.25, 0.3) is 0 Å². The van der Waals surface area contributed by atoms with Crippen LogP contribution in [0.5, 0.6) is 5.88 Å². The average Bonchev–Trinajstić information content (AvgIpc) is 3.21. The van der Waals surface area contributed by atoms with E-state index in [1.807, 2.05) is 35.7 Å². The summed E-state index contributed by atoms with van der Waals surface area (Å²) in [4.78, 5) is 11.8. The monoisotopic (exact) mass is 445 g/mol. The average molecular weight is 445 g/mol. The molecule has 0 aliphatic heterocycles. The number of hydrogen-bond donors (Lipinski definition) is 2. The molecule has 118 valence electrons. The molecule has 2 N–H and O–H groups in total. The van der Waals surface area contributed by atoms with E-state index in [-0.39, 0.29) is 5.88 Å². The smallest absolute Gasteiger partial charge is 0.199 e. The molecule has 0 saturated carbocycles. The number of rotatable bonds is 3. The molecule has 0 fully saturated rings. The molecule has 4 aromatic rings. The molecule has 3 aromatic heterocycles. The predicted octanol–water partition coefficient (Wildman–Crippen LogP) is 5.35. The Hall–Kier alpha value is -2.19. The van der Waals surface area contributed by atoms with Crippen LogP contribution in [0.4, 0.5) is 5.69 Å². The van der Waals surface area contributed by atoms with Crippen LogP contribution in [-0.4, -0.2) is 21.3 Å². The first kappa shape index (κ1) is 15.3. The number of nitrogens with zero attached hydrogens (tertiary/aromatic N) is 2. The number of thiophene rings is 1. The van der Waals surface area contributed by atoms with Gasteiger partial charge in [-0.3, -0.25) is 4.99 Å². The van der Waals surface area contributed by atoms with Gasteiger partial charge in [0.2, 0.25) is 0 Å². The molecule has 0 amide bonds. The molecule has 0 radical (unpaired) electrons. The van der Waals surface area contributed by atoms with Gasteiger partial charge in [-0.25, -0.2) is 4.98 Å². The topological polar surface area (TPSA) is 61.3 Å². The van der Waals surface area contributed by atoms with Gasteiger partial charge in [-0.2, -0.15) is 11.3 Å². The molecule has 0 aliphatic carbocycles. The molecule has 3 heterocycles. The highest BCUT2D eigenvalue weighted by Crippen LogP contribution is 2.30. The zero-order valence-electron chi connectivity index (χ0n) is 12.4. The Balaban J connectivity index is 1.77. The fourth-order valence-corrected chi connectivity index (χ4v) is 3.48. The van der Waals surface area contributed by atoms with Gasteiger partial charge in [-0.05, 0) is 75.3 Å². The van der Waals surface area contributed by atoms with Crippen LogP contribution in [0.15, 0.2) is 58.3 Å². The van der Waals surface area contributed by atoms with Gasteiger partial charge in [-0.15, -0.1) is 0 Å². The lowest BCUT2D eigenvalue weighted by Gasteiger charge is -1.98. The highest BCUT2D eigenvalue weighted by atomic mass is 127. The third-order valence-corrected chi connectivity index (χ3v) is 5.10. The quantitative estimate of drug-likeness (QED) is 0.330. The lowest BCUT2D eigenvalue weighted by Crippen LogP contribution is -1.82. The van der Waals surface area contributed by atoms with Crippen molar-refractivity contribution in [3.8, 4) is 17.0 Å². The van der Waals surface area contributed by atoms with Crippen LogP contribution in [0.25, 0.3) is 22.2 Å². The van der Waals surface area contributed by atoms with Gasteiger partial charge >= 0.3 is 0 Å². The minimum Gasteiger partial charge on any atom is -0.494 e. The van der Waals surface area contributed by atoms with Crippen molar-refractivity contribution in [2.45, 2.75) is 0 Å². The lowest BCUT2D eigenvalue weighted by atomic mass is 10.1. The fourth-order valence-electron chi connectivity index (χ4n) is 2.46. The second kappa shape index (κ2) is 6.37. The number of benzene rings is 1. The molecular formula is C18H12IN3OS. The highest BCUT2D eigenvalue weighted by molar-refractivity contribution is 14.1. The standard InChI is InChI=1S/C18H12IN3OS/c19-13-1-3-14(4-2-13)20-9-16-15-7-12(11-5-6-24-10-11)8-21-17(15)22-18(16)23/h1-10,23H,(H,21,22). The van der Waals surface area contributed by atoms with Gasteiger partial charge in [0.15, 0.2) is 5.88 Å². The van der Waals surface area contributed by atoms with Gasteiger partial charge in [-0.1, -0.05) is 0 Å². The SMILES string of the molecule is Oc1[nH]c2ncc(-c3ccsc3)cc2c1C=Nc1ccc(I)cc1. The lowest BCUT2D eigenvalue weighted by molar-refractivity contribution is 0.457. The Bertz CT molecular complexity index is 1020. The van der Waals surface area contributed by atoms with Crippen molar-refractivity contribution in [2.24, 2.45) is 4.99 Å². The summed E-state index contributed by atoms with van der Waals surface area (Å²) >= 11 is 3.90. The van der Waals surface area contributed by atoms with Crippen LogP contribution >= 0.6 is 33.9 Å². The summed E-state index contributed by atoms with van der Waals surface area (Å²) in [6.07, 6.45) is 3.48. The first-order valence-electron chi connectivity index (χ1n) is 7.23. The second-order valence-corrected chi connectivity index (χ2v) is 7.28. The normalized spacial score (nSPS) is 11.5. The summed E-state index contributed by atoms with van der Waals surface area (Å²) < 4.78 is 1.16. The number of aromatic amines is 1. The van der Waals surface area contributed by atoms with Gasteiger partial charge < -0.3 is 10.1 Å². The number of hydrogen-bond acceptors (Lipinski definition) is 4. The first-order chi connectivity index (χ1) is 11.7. The Morgan fingerprint density at radius 3 is 2.75 bits per heavy atom. The molecule has 6 heteroatoms. The van der Waals surface area contributed by atoms with Gasteiger partial charge in [0.1, 0.15) is 5.65 Å². The fraction of sp³-hybridized carbons (Fsp3) is 0. The molecule has 4 rings (SSSR count). The number of aromatic nitrogens is 2. The summed E-state index contributed by atoms with van der Waals surface area (Å²) in [7, 11) is 0. The third-order valence-electron chi connectivity index (χ3n) is 3.69. The van der Waals surface area contributed by atoms with Crippen molar-refractivity contribution in [1.82, 2.24) is 9.97 Å². The summed E-state index contributed by atoms with van der Waals surface area (Å²) in [5.41, 5.74) is 4.28. The first-order valence-corrected chi connectivity index (χ1v) is 9.26. The van der Waals surface area contributed by atoms with Crippen LogP contribution in [0.2, 0.25) is 0 Å². The molecule has 1 aromatic carbocycles. The molecule has 4 nitrogen and oxygen atoms in total. The van der Waals surface area contributed by atoms with Crippen molar-refractivity contribution in [2.75, 3.05) is 0 Å². The zero-order chi connectivity index (χ0) is 16.5. The van der Waals surface area contributed by atoms with Crippen molar-refractivity contribution < 1.29 is 5.11 Å². The molecule has 0 atom stereocenters. The maximum absolute atomic E-state index is 10.2. The van der Waals surface area contributed by atoms with E-state index < -0.39 is 0 Å². The third kappa shape index (κ3) is 2.94. The van der Waals surface area contributed by atoms with Crippen LogP contribution in [0.1, 0.15) is 5.56 Å². The number of fused-ring (bicyclic) bond motifs is 1. The molecule has 24 heavy (non-hydrogen) atoms. The molecule has 0 bridgehead atoms. The molecule has 0 unspecified atom stereocenters. The van der Waals surface area contributed by atoms with Crippen LogP contribution in [0, 0.1) is 3.57 Å². The van der Waals surface area contributed by atoms with Crippen molar-refractivity contribution >= 4 is 56.9 Å². The van der Waals surface area contributed by atoms with Gasteiger partial charge in [0.05, 0.1) is 11.3 Å². The van der Waals surface area contributed by atoms with E-state index in [0.29, 0.717) is 11.2 Å². The number of pyridine rings is 1. The van der Waals surface area contributed by atoms with E-state index in [2.05, 4.69) is 49.0 Å². The summed E-state index contributed by atoms with van der Waals surface area (Å²) in [5, 5.41) is 15.2. The Morgan fingerprint density at radius 2 is 2.00 bits per heavy atom. The number of aliphatic imine (C=N–C) groups is 1. The summed E-state index contributed by atoms with van der Waals surface area (Å²) in [6.45, 7) is 0. The predicted molar refractivity (Wildman–Crippen MR) is 107 cm³/mol. The van der Waals surface area contributed by atoms with E-state index in [4.69, 9.17) is 0 Å². The second-order valence-electron chi connectivity index (χ2n) is 5.25. The maximum Gasteiger partial charge on any atom is 0.199 e. The molecule has 0 saturated heterocycles. The largest absolute Gasteiger partial charge is 0.494 e. The van der Waals surface area contributed by atoms with E-state index in [9.17, 15) is 5.11 Å². The van der Waals surface area contributed by atoms with Crippen molar-refractivity contribution in [3.05, 3.63) is 62.5 Å². The maximum atomic E-state index is 10.2. The van der Waals surface area contributed by atoms with Crippen molar-refractivity contribution in [3.63, 3.8) is 0 Å². The number of nitrogens with one attached hydrogen (secondary N) is 1. The van der Waals surface area contributed by atoms with E-state index in [0.717, 1.165) is 25.8 Å². The minimum atomic E-state index is 0.0780. The van der Waals surface area contributed by atoms with E-state index in [1.54, 1.807) is 23.7 Å². The minimum absolute atomic E-state index is 0.0780. The number of halogens is 1. The van der Waals surface area contributed by atoms with Gasteiger partial charge in [0, 0.05) is 26.9 Å². The highest BCUT2D eigenvalue weighted by Gasteiger charge is 2.11. The van der Waals surface area contributed by atoms with Crippen molar-refractivity contribution in [1.29, 1.82) is 0 Å². The molecular weight excluding hydrogens is 433 g/mol. The molecule has 0 aliphatic rings.